The predicted octanol–water partition coefficient (Wildman–Crippen LogP) is 2.37. The van der Waals surface area contributed by atoms with Crippen LogP contribution in [0.1, 0.15) is 34.3 Å². The molecule has 0 aliphatic heterocycles. The van der Waals surface area contributed by atoms with E-state index in [0.29, 0.717) is 12.0 Å². The molecule has 2 amide bonds. The highest BCUT2D eigenvalue weighted by Gasteiger charge is 2.28. The van der Waals surface area contributed by atoms with E-state index in [1.165, 1.54) is 0 Å². The molecule has 5 nitrogen and oxygen atoms in total. The summed E-state index contributed by atoms with van der Waals surface area (Å²) in [5.41, 5.74) is 2.22. The average molecular weight is 347 g/mol. The molecule has 0 bridgehead atoms. The Morgan fingerprint density at radius 2 is 1.81 bits per heavy atom. The molecule has 1 atom stereocenters. The molecular weight excluding hydrogens is 326 g/mol. The van der Waals surface area contributed by atoms with Gasteiger partial charge in [-0.15, -0.1) is 0 Å². The van der Waals surface area contributed by atoms with Crippen LogP contribution in [0.5, 0.6) is 0 Å². The summed E-state index contributed by atoms with van der Waals surface area (Å²) >= 11 is 0. The molecule has 3 rings (SSSR count). The van der Waals surface area contributed by atoms with Crippen molar-refractivity contribution in [3.05, 3.63) is 71.3 Å². The first-order valence-electron chi connectivity index (χ1n) is 8.77. The summed E-state index contributed by atoms with van der Waals surface area (Å²) in [5, 5.41) is 14.6. The molecule has 5 heteroatoms. The van der Waals surface area contributed by atoms with Crippen LogP contribution in [0.3, 0.4) is 0 Å². The molecule has 0 saturated heterocycles. The maximum Gasteiger partial charge on any atom is 0.251 e. The second-order valence-electron chi connectivity index (χ2n) is 6.53. The molecule has 1 aliphatic rings. The molecule has 1 saturated carbocycles. The van der Waals surface area contributed by atoms with Crippen LogP contribution >= 0.6 is 0 Å². The van der Waals surface area contributed by atoms with Crippen molar-refractivity contribution in [2.75, 3.05) is 0 Å². The first-order chi connectivity index (χ1) is 12.7. The van der Waals surface area contributed by atoms with Crippen molar-refractivity contribution in [1.29, 1.82) is 5.26 Å². The molecular formula is C21H21N3O2. The third kappa shape index (κ3) is 4.93. The average Bonchev–Trinajstić information content (AvgIpc) is 3.46. The largest absolute Gasteiger partial charge is 0.352 e. The minimum atomic E-state index is -0.634. The van der Waals surface area contributed by atoms with Crippen LogP contribution in [0.2, 0.25) is 0 Å². The second kappa shape index (κ2) is 8.30. The fourth-order valence-corrected chi connectivity index (χ4v) is 2.74. The van der Waals surface area contributed by atoms with Gasteiger partial charge < -0.3 is 10.6 Å². The fourth-order valence-electron chi connectivity index (χ4n) is 2.74. The Bertz CT molecular complexity index is 823. The van der Waals surface area contributed by atoms with E-state index in [0.717, 1.165) is 24.0 Å². The van der Waals surface area contributed by atoms with Gasteiger partial charge in [0, 0.05) is 18.0 Å². The van der Waals surface area contributed by atoms with Crippen LogP contribution in [0.25, 0.3) is 0 Å². The van der Waals surface area contributed by atoms with E-state index < -0.39 is 6.04 Å². The molecule has 0 spiro atoms. The van der Waals surface area contributed by atoms with Gasteiger partial charge in [0.15, 0.2) is 0 Å². The number of amides is 2. The number of nitriles is 1. The van der Waals surface area contributed by atoms with Crippen molar-refractivity contribution in [1.82, 2.24) is 10.6 Å². The zero-order valence-corrected chi connectivity index (χ0v) is 14.4. The number of rotatable bonds is 7. The normalized spacial score (nSPS) is 14.1. The molecule has 1 aliphatic carbocycles. The minimum absolute atomic E-state index is 0.155. The van der Waals surface area contributed by atoms with Gasteiger partial charge in [0.1, 0.15) is 6.04 Å². The maximum atomic E-state index is 12.6. The SMILES string of the molecule is N#CCc1cccc(C(=O)N[C@@H](Cc2ccccc2)C(=O)NC2CC2)c1. The first-order valence-corrected chi connectivity index (χ1v) is 8.77. The van der Waals surface area contributed by atoms with Gasteiger partial charge in [-0.25, -0.2) is 0 Å². The van der Waals surface area contributed by atoms with Crippen LogP contribution < -0.4 is 10.6 Å². The van der Waals surface area contributed by atoms with E-state index in [1.54, 1.807) is 24.3 Å². The first kappa shape index (κ1) is 17.7. The zero-order chi connectivity index (χ0) is 18.4. The number of nitrogens with one attached hydrogen (secondary N) is 2. The van der Waals surface area contributed by atoms with E-state index in [2.05, 4.69) is 16.7 Å². The van der Waals surface area contributed by atoms with Gasteiger partial charge in [0.05, 0.1) is 12.5 Å². The highest BCUT2D eigenvalue weighted by Crippen LogP contribution is 2.19. The topological polar surface area (TPSA) is 82.0 Å². The minimum Gasteiger partial charge on any atom is -0.352 e. The quantitative estimate of drug-likeness (QED) is 0.807. The number of benzene rings is 2. The monoisotopic (exact) mass is 347 g/mol. The lowest BCUT2D eigenvalue weighted by Crippen LogP contribution is -2.48. The van der Waals surface area contributed by atoms with Crippen LogP contribution in [-0.2, 0) is 17.6 Å². The molecule has 1 fully saturated rings. The zero-order valence-electron chi connectivity index (χ0n) is 14.4. The Morgan fingerprint density at radius 1 is 1.08 bits per heavy atom. The summed E-state index contributed by atoms with van der Waals surface area (Å²) < 4.78 is 0. The van der Waals surface area contributed by atoms with Crippen LogP contribution in [0.4, 0.5) is 0 Å². The van der Waals surface area contributed by atoms with Crippen molar-refractivity contribution in [3.8, 4) is 6.07 Å². The molecule has 0 heterocycles. The number of carbonyl (C=O) groups is 2. The standard InChI is InChI=1S/C21H21N3O2/c22-12-11-16-7-4-8-17(13-16)20(25)24-19(21(26)23-18-9-10-18)14-15-5-2-1-3-6-15/h1-8,13,18-19H,9-11,14H2,(H,23,26)(H,24,25)/t19-/m0/s1. The molecule has 2 aromatic rings. The lowest BCUT2D eigenvalue weighted by molar-refractivity contribution is -0.123. The smallest absolute Gasteiger partial charge is 0.251 e. The van der Waals surface area contributed by atoms with Gasteiger partial charge in [-0.05, 0) is 36.1 Å². The number of carbonyl (C=O) groups excluding carboxylic acids is 2. The van der Waals surface area contributed by atoms with Crippen molar-refractivity contribution in [3.63, 3.8) is 0 Å². The Kier molecular flexibility index (Phi) is 5.65. The van der Waals surface area contributed by atoms with E-state index >= 15 is 0 Å². The number of hydrogen-bond donors (Lipinski definition) is 2. The molecule has 2 aromatic carbocycles. The van der Waals surface area contributed by atoms with Gasteiger partial charge in [-0.1, -0.05) is 42.5 Å². The Balaban J connectivity index is 1.73. The van der Waals surface area contributed by atoms with Crippen molar-refractivity contribution >= 4 is 11.8 Å². The molecule has 132 valence electrons. The molecule has 2 N–H and O–H groups in total. The molecule has 26 heavy (non-hydrogen) atoms. The van der Waals surface area contributed by atoms with E-state index in [-0.39, 0.29) is 24.3 Å². The fraction of sp³-hybridized carbons (Fsp3) is 0.286. The Hall–Kier alpha value is -3.13. The van der Waals surface area contributed by atoms with Gasteiger partial charge in [-0.3, -0.25) is 9.59 Å². The van der Waals surface area contributed by atoms with Crippen LogP contribution in [-0.4, -0.2) is 23.9 Å². The Morgan fingerprint density at radius 3 is 2.50 bits per heavy atom. The van der Waals surface area contributed by atoms with Gasteiger partial charge in [0.25, 0.3) is 5.91 Å². The predicted molar refractivity (Wildman–Crippen MR) is 98.3 cm³/mol. The third-order valence-electron chi connectivity index (χ3n) is 4.30. The van der Waals surface area contributed by atoms with Gasteiger partial charge in [-0.2, -0.15) is 5.26 Å². The van der Waals surface area contributed by atoms with Crippen LogP contribution in [0.15, 0.2) is 54.6 Å². The van der Waals surface area contributed by atoms with Crippen LogP contribution in [0, 0.1) is 11.3 Å². The summed E-state index contributed by atoms with van der Waals surface area (Å²) in [7, 11) is 0. The number of nitrogens with zero attached hydrogens (tertiary/aromatic N) is 1. The van der Waals surface area contributed by atoms with Crippen molar-refractivity contribution < 1.29 is 9.59 Å². The van der Waals surface area contributed by atoms with Crippen molar-refractivity contribution in [2.45, 2.75) is 37.8 Å². The summed E-state index contributed by atoms with van der Waals surface area (Å²) in [6, 6.07) is 18.2. The Labute approximate surface area is 153 Å². The summed E-state index contributed by atoms with van der Waals surface area (Å²) in [6.45, 7) is 0. The van der Waals surface area contributed by atoms with E-state index in [9.17, 15) is 9.59 Å². The third-order valence-corrected chi connectivity index (χ3v) is 4.30. The van der Waals surface area contributed by atoms with Gasteiger partial charge in [0.2, 0.25) is 5.91 Å². The highest BCUT2D eigenvalue weighted by atomic mass is 16.2. The lowest BCUT2D eigenvalue weighted by atomic mass is 10.0. The maximum absolute atomic E-state index is 12.6. The highest BCUT2D eigenvalue weighted by molar-refractivity contribution is 5.97. The van der Waals surface area contributed by atoms with E-state index in [1.807, 2.05) is 30.3 Å². The summed E-state index contributed by atoms with van der Waals surface area (Å²) in [5.74, 6) is -0.463. The summed E-state index contributed by atoms with van der Waals surface area (Å²) in [6.07, 6.45) is 2.67. The second-order valence-corrected chi connectivity index (χ2v) is 6.53. The lowest BCUT2D eigenvalue weighted by Gasteiger charge is -2.19. The van der Waals surface area contributed by atoms with Crippen molar-refractivity contribution in [2.24, 2.45) is 0 Å². The molecule has 0 radical (unpaired) electrons. The summed E-state index contributed by atoms with van der Waals surface area (Å²) in [4.78, 5) is 25.2. The number of hydrogen-bond acceptors (Lipinski definition) is 3. The molecule has 0 aromatic heterocycles. The van der Waals surface area contributed by atoms with E-state index in [4.69, 9.17) is 5.26 Å². The molecule has 0 unspecified atom stereocenters. The van der Waals surface area contributed by atoms with Gasteiger partial charge >= 0.3 is 0 Å².